The van der Waals surface area contributed by atoms with Crippen molar-refractivity contribution in [2.24, 2.45) is 5.73 Å². The van der Waals surface area contributed by atoms with Crippen LogP contribution in [-0.2, 0) is 11.3 Å². The molecule has 0 saturated carbocycles. The molecule has 0 spiro atoms. The summed E-state index contributed by atoms with van der Waals surface area (Å²) in [5, 5.41) is 0.960. The van der Waals surface area contributed by atoms with Gasteiger partial charge in [0.15, 0.2) is 0 Å². The lowest BCUT2D eigenvalue weighted by Gasteiger charge is -2.06. The number of carbonyl (C=O) groups excluding carboxylic acids is 1. The van der Waals surface area contributed by atoms with Crippen molar-refractivity contribution in [3.8, 4) is 0 Å². The number of hydrogen-bond acceptors (Lipinski definition) is 3. The molecule has 20 heavy (non-hydrogen) atoms. The van der Waals surface area contributed by atoms with Crippen LogP contribution in [-0.4, -0.2) is 24.2 Å². The molecule has 0 radical (unpaired) electrons. The van der Waals surface area contributed by atoms with Crippen molar-refractivity contribution in [1.82, 2.24) is 4.57 Å². The van der Waals surface area contributed by atoms with Crippen molar-refractivity contribution in [3.05, 3.63) is 36.0 Å². The van der Waals surface area contributed by atoms with Crippen LogP contribution >= 0.6 is 0 Å². The Bertz CT molecular complexity index is 575. The average molecular weight is 274 g/mol. The van der Waals surface area contributed by atoms with Gasteiger partial charge in [0.2, 0.25) is 0 Å². The fourth-order valence-electron chi connectivity index (χ4n) is 2.49. The molecular weight excluding hydrogens is 252 g/mol. The Hall–Kier alpha value is -1.81. The second kappa shape index (κ2) is 7.10. The molecule has 1 heterocycles. The van der Waals surface area contributed by atoms with Crippen molar-refractivity contribution in [1.29, 1.82) is 0 Å². The second-order valence-corrected chi connectivity index (χ2v) is 4.94. The third-order valence-electron chi connectivity index (χ3n) is 3.57. The van der Waals surface area contributed by atoms with Gasteiger partial charge in [-0.3, -0.25) is 0 Å². The van der Waals surface area contributed by atoms with Gasteiger partial charge >= 0.3 is 5.97 Å². The smallest absolute Gasteiger partial charge is 0.338 e. The summed E-state index contributed by atoms with van der Waals surface area (Å²) in [6, 6.07) is 7.74. The number of benzene rings is 1. The van der Waals surface area contributed by atoms with Gasteiger partial charge in [-0.2, -0.15) is 0 Å². The Morgan fingerprint density at radius 1 is 1.20 bits per heavy atom. The van der Waals surface area contributed by atoms with Crippen LogP contribution in [0.5, 0.6) is 0 Å². The van der Waals surface area contributed by atoms with Gasteiger partial charge in [0.25, 0.3) is 0 Å². The molecule has 0 bridgehead atoms. The van der Waals surface area contributed by atoms with Gasteiger partial charge in [0.05, 0.1) is 12.7 Å². The Morgan fingerprint density at radius 2 is 2.00 bits per heavy atom. The zero-order chi connectivity index (χ0) is 14.4. The maximum absolute atomic E-state index is 11.7. The number of nitrogens with zero attached hydrogens (tertiary/aromatic N) is 1. The van der Waals surface area contributed by atoms with E-state index in [0.29, 0.717) is 5.56 Å². The van der Waals surface area contributed by atoms with E-state index in [1.54, 1.807) is 6.07 Å². The number of fused-ring (bicyclic) bond motifs is 1. The molecule has 0 aliphatic heterocycles. The van der Waals surface area contributed by atoms with Crippen LogP contribution in [0.3, 0.4) is 0 Å². The Morgan fingerprint density at radius 3 is 2.75 bits per heavy atom. The molecule has 0 saturated heterocycles. The van der Waals surface area contributed by atoms with Crippen LogP contribution in [0.15, 0.2) is 30.5 Å². The minimum atomic E-state index is -0.281. The summed E-state index contributed by atoms with van der Waals surface area (Å²) in [6.07, 6.45) is 6.64. The number of unbranched alkanes of at least 4 members (excludes halogenated alkanes) is 3. The summed E-state index contributed by atoms with van der Waals surface area (Å²) < 4.78 is 7.02. The lowest BCUT2D eigenvalue weighted by Crippen LogP contribution is -2.02. The molecular formula is C16H22N2O2. The van der Waals surface area contributed by atoms with E-state index in [1.165, 1.54) is 20.0 Å². The van der Waals surface area contributed by atoms with Crippen molar-refractivity contribution >= 4 is 16.9 Å². The number of carbonyl (C=O) groups is 1. The van der Waals surface area contributed by atoms with E-state index in [0.717, 1.165) is 36.8 Å². The number of esters is 1. The summed E-state index contributed by atoms with van der Waals surface area (Å²) in [5.74, 6) is -0.281. The predicted octanol–water partition coefficient (Wildman–Crippen LogP) is 2.95. The minimum Gasteiger partial charge on any atom is -0.465 e. The minimum absolute atomic E-state index is 0.281. The highest BCUT2D eigenvalue weighted by Gasteiger charge is 2.11. The van der Waals surface area contributed by atoms with E-state index in [4.69, 9.17) is 10.5 Å². The molecule has 4 nitrogen and oxygen atoms in total. The second-order valence-electron chi connectivity index (χ2n) is 4.94. The number of rotatable bonds is 7. The van der Waals surface area contributed by atoms with Crippen LogP contribution in [0.4, 0.5) is 0 Å². The number of aryl methyl sites for hydroxylation is 1. The van der Waals surface area contributed by atoms with E-state index >= 15 is 0 Å². The van der Waals surface area contributed by atoms with E-state index in [1.807, 2.05) is 24.4 Å². The third kappa shape index (κ3) is 3.20. The molecule has 2 rings (SSSR count). The molecule has 4 heteroatoms. The summed E-state index contributed by atoms with van der Waals surface area (Å²) >= 11 is 0. The SMILES string of the molecule is COC(=O)c1cccc2c1ccn2CCCCCCN. The molecule has 2 aromatic rings. The first-order valence-electron chi connectivity index (χ1n) is 7.14. The average Bonchev–Trinajstić information content (AvgIpc) is 2.89. The van der Waals surface area contributed by atoms with E-state index < -0.39 is 0 Å². The van der Waals surface area contributed by atoms with Crippen LogP contribution in [0.1, 0.15) is 36.0 Å². The number of hydrogen-bond donors (Lipinski definition) is 1. The predicted molar refractivity (Wildman–Crippen MR) is 80.8 cm³/mol. The molecule has 108 valence electrons. The van der Waals surface area contributed by atoms with Gasteiger partial charge in [0.1, 0.15) is 0 Å². The Labute approximate surface area is 119 Å². The first-order chi connectivity index (χ1) is 9.77. The summed E-state index contributed by atoms with van der Waals surface area (Å²) in [7, 11) is 1.41. The highest BCUT2D eigenvalue weighted by Crippen LogP contribution is 2.21. The fourth-order valence-corrected chi connectivity index (χ4v) is 2.49. The van der Waals surface area contributed by atoms with Crippen molar-refractivity contribution < 1.29 is 9.53 Å². The van der Waals surface area contributed by atoms with Crippen LogP contribution in [0.2, 0.25) is 0 Å². The standard InChI is InChI=1S/C16H22N2O2/c1-20-16(19)14-7-6-8-15-13(14)9-12-18(15)11-5-3-2-4-10-17/h6-9,12H,2-5,10-11,17H2,1H3. The van der Waals surface area contributed by atoms with E-state index in [2.05, 4.69) is 4.57 Å². The van der Waals surface area contributed by atoms with Gasteiger partial charge in [-0.1, -0.05) is 18.9 Å². The van der Waals surface area contributed by atoms with Crippen LogP contribution < -0.4 is 5.73 Å². The summed E-state index contributed by atoms with van der Waals surface area (Å²) in [6.45, 7) is 1.74. The normalized spacial score (nSPS) is 10.9. The highest BCUT2D eigenvalue weighted by atomic mass is 16.5. The molecule has 0 fully saturated rings. The maximum Gasteiger partial charge on any atom is 0.338 e. The van der Waals surface area contributed by atoms with Gasteiger partial charge in [0, 0.05) is 23.6 Å². The third-order valence-corrected chi connectivity index (χ3v) is 3.57. The van der Waals surface area contributed by atoms with Gasteiger partial charge in [-0.05, 0) is 37.6 Å². The monoisotopic (exact) mass is 274 g/mol. The Balaban J connectivity index is 2.10. The number of methoxy groups -OCH3 is 1. The van der Waals surface area contributed by atoms with Crippen LogP contribution in [0, 0.1) is 0 Å². The number of aromatic nitrogens is 1. The zero-order valence-electron chi connectivity index (χ0n) is 12.0. The molecule has 2 N–H and O–H groups in total. The van der Waals surface area contributed by atoms with Gasteiger partial charge in [-0.15, -0.1) is 0 Å². The molecule has 0 aliphatic rings. The highest BCUT2D eigenvalue weighted by molar-refractivity contribution is 6.03. The van der Waals surface area contributed by atoms with E-state index in [-0.39, 0.29) is 5.97 Å². The lowest BCUT2D eigenvalue weighted by atomic mass is 10.1. The quantitative estimate of drug-likeness (QED) is 0.624. The first kappa shape index (κ1) is 14.6. The topological polar surface area (TPSA) is 57.2 Å². The number of nitrogens with two attached hydrogens (primary N) is 1. The lowest BCUT2D eigenvalue weighted by molar-refractivity contribution is 0.0603. The fraction of sp³-hybridized carbons (Fsp3) is 0.438. The van der Waals surface area contributed by atoms with Gasteiger partial charge < -0.3 is 15.0 Å². The first-order valence-corrected chi connectivity index (χ1v) is 7.14. The summed E-state index contributed by atoms with van der Waals surface area (Å²) in [5.41, 5.74) is 7.21. The molecule has 0 atom stereocenters. The zero-order valence-corrected chi connectivity index (χ0v) is 12.0. The molecule has 0 amide bonds. The Kier molecular flexibility index (Phi) is 5.18. The van der Waals surface area contributed by atoms with Crippen molar-refractivity contribution in [2.45, 2.75) is 32.2 Å². The van der Waals surface area contributed by atoms with Crippen molar-refractivity contribution in [3.63, 3.8) is 0 Å². The van der Waals surface area contributed by atoms with Gasteiger partial charge in [-0.25, -0.2) is 4.79 Å². The largest absolute Gasteiger partial charge is 0.465 e. The molecule has 1 aromatic carbocycles. The van der Waals surface area contributed by atoms with Crippen LogP contribution in [0.25, 0.3) is 10.9 Å². The van der Waals surface area contributed by atoms with E-state index in [9.17, 15) is 4.79 Å². The number of ether oxygens (including phenoxy) is 1. The molecule has 0 aliphatic carbocycles. The summed E-state index contributed by atoms with van der Waals surface area (Å²) in [4.78, 5) is 11.7. The maximum atomic E-state index is 11.7. The molecule has 0 unspecified atom stereocenters. The molecule has 1 aromatic heterocycles. The van der Waals surface area contributed by atoms with Crippen molar-refractivity contribution in [2.75, 3.05) is 13.7 Å².